The first-order valence-corrected chi connectivity index (χ1v) is 7.56. The Morgan fingerprint density at radius 2 is 2.10 bits per heavy atom. The van der Waals surface area contributed by atoms with Crippen LogP contribution in [0.15, 0.2) is 0 Å². The number of nitrogens with two attached hydrogens (primary N) is 1. The molecule has 112 valence electrons. The van der Waals surface area contributed by atoms with Crippen molar-refractivity contribution in [2.24, 2.45) is 5.73 Å². The van der Waals surface area contributed by atoms with E-state index in [1.807, 2.05) is 6.92 Å². The second-order valence-electron chi connectivity index (χ2n) is 5.91. The Kier molecular flexibility index (Phi) is 5.41. The molecule has 2 saturated heterocycles. The highest BCUT2D eigenvalue weighted by Crippen LogP contribution is 2.21. The lowest BCUT2D eigenvalue weighted by atomic mass is 10.0. The van der Waals surface area contributed by atoms with Crippen LogP contribution < -0.4 is 11.1 Å². The Bertz CT molecular complexity index is 371. The maximum Gasteiger partial charge on any atom is 0.237 e. The predicted molar refractivity (Wildman–Crippen MR) is 80.1 cm³/mol. The summed E-state index contributed by atoms with van der Waals surface area (Å²) in [7, 11) is 0. The van der Waals surface area contributed by atoms with Gasteiger partial charge in [0.25, 0.3) is 0 Å². The molecule has 2 fully saturated rings. The molecule has 0 aromatic carbocycles. The largest absolute Gasteiger partial charge is 0.344 e. The number of hydrogen-bond donors (Lipinski definition) is 2. The fourth-order valence-corrected chi connectivity index (χ4v) is 3.15. The van der Waals surface area contributed by atoms with E-state index in [4.69, 9.17) is 12.2 Å². The molecule has 2 aliphatic heterocycles. The third-order valence-corrected chi connectivity index (χ3v) is 4.58. The van der Waals surface area contributed by atoms with Crippen LogP contribution in [-0.2, 0) is 4.79 Å². The zero-order valence-electron chi connectivity index (χ0n) is 12.3. The number of carbonyl (C=O) groups excluding carboxylic acids is 1. The molecule has 2 heterocycles. The molecular formula is C15H26N4O. The van der Waals surface area contributed by atoms with Crippen molar-refractivity contribution in [3.8, 4) is 12.3 Å². The average Bonchev–Trinajstić information content (AvgIpc) is 2.94. The zero-order valence-corrected chi connectivity index (χ0v) is 12.3. The summed E-state index contributed by atoms with van der Waals surface area (Å²) in [6, 6.07) is 0.850. The summed E-state index contributed by atoms with van der Waals surface area (Å²) in [6.07, 6.45) is 8.49. The van der Waals surface area contributed by atoms with Gasteiger partial charge in [0.15, 0.2) is 0 Å². The minimum atomic E-state index is -0.0969. The zero-order chi connectivity index (χ0) is 14.5. The van der Waals surface area contributed by atoms with Crippen LogP contribution in [0.5, 0.6) is 0 Å². The summed E-state index contributed by atoms with van der Waals surface area (Å²) in [5, 5.41) is 2.76. The highest BCUT2D eigenvalue weighted by atomic mass is 16.2. The van der Waals surface area contributed by atoms with Gasteiger partial charge in [-0.25, -0.2) is 0 Å². The predicted octanol–water partition coefficient (Wildman–Crippen LogP) is -0.378. The third kappa shape index (κ3) is 3.72. The van der Waals surface area contributed by atoms with E-state index in [1.54, 1.807) is 0 Å². The summed E-state index contributed by atoms with van der Waals surface area (Å²) < 4.78 is 0. The Balaban J connectivity index is 1.80. The van der Waals surface area contributed by atoms with Gasteiger partial charge in [-0.15, -0.1) is 6.42 Å². The van der Waals surface area contributed by atoms with Crippen LogP contribution in [0.1, 0.15) is 26.2 Å². The molecule has 1 amide bonds. The van der Waals surface area contributed by atoms with Gasteiger partial charge >= 0.3 is 0 Å². The second kappa shape index (κ2) is 7.07. The topological polar surface area (TPSA) is 61.6 Å². The van der Waals surface area contributed by atoms with Crippen LogP contribution in [0.25, 0.3) is 0 Å². The van der Waals surface area contributed by atoms with Crippen molar-refractivity contribution in [2.45, 2.75) is 44.3 Å². The first-order chi connectivity index (χ1) is 9.61. The van der Waals surface area contributed by atoms with Crippen LogP contribution in [0.4, 0.5) is 0 Å². The quantitative estimate of drug-likeness (QED) is 0.688. The van der Waals surface area contributed by atoms with Gasteiger partial charge in [-0.1, -0.05) is 5.92 Å². The molecule has 0 radical (unpaired) electrons. The molecule has 5 nitrogen and oxygen atoms in total. The summed E-state index contributed by atoms with van der Waals surface area (Å²) in [4.78, 5) is 16.7. The number of nitrogens with one attached hydrogen (secondary N) is 1. The number of rotatable bonds is 4. The van der Waals surface area contributed by atoms with Crippen molar-refractivity contribution in [2.75, 3.05) is 32.7 Å². The van der Waals surface area contributed by atoms with E-state index in [1.165, 1.54) is 0 Å². The van der Waals surface area contributed by atoms with Crippen molar-refractivity contribution >= 4 is 5.91 Å². The molecule has 2 rings (SSSR count). The van der Waals surface area contributed by atoms with E-state index in [0.29, 0.717) is 18.6 Å². The number of amides is 1. The SMILES string of the molecule is C#CCNC(=O)C(C)N1CCC(N2CCC(N)CC2)C1. The maximum atomic E-state index is 11.9. The minimum absolute atomic E-state index is 0.0317. The Hall–Kier alpha value is -1.09. The molecule has 0 aromatic rings. The highest BCUT2D eigenvalue weighted by Gasteiger charge is 2.33. The fourth-order valence-electron chi connectivity index (χ4n) is 3.15. The average molecular weight is 278 g/mol. The lowest BCUT2D eigenvalue weighted by Gasteiger charge is -2.35. The molecule has 0 aromatic heterocycles. The molecule has 0 spiro atoms. The number of likely N-dealkylation sites (tertiary alicyclic amines) is 2. The number of terminal acetylenes is 1. The standard InChI is InChI=1S/C15H26N4O/c1-3-7-17-15(20)12(2)19-10-6-14(11-19)18-8-4-13(16)5-9-18/h1,12-14H,4-11,16H2,2H3,(H,17,20). The number of nitrogens with zero attached hydrogens (tertiary/aromatic N) is 2. The van der Waals surface area contributed by atoms with Crippen molar-refractivity contribution in [3.05, 3.63) is 0 Å². The van der Waals surface area contributed by atoms with E-state index in [2.05, 4.69) is 21.0 Å². The van der Waals surface area contributed by atoms with Gasteiger partial charge in [0, 0.05) is 25.2 Å². The lowest BCUT2D eigenvalue weighted by Crippen LogP contribution is -2.48. The molecule has 2 unspecified atom stereocenters. The van der Waals surface area contributed by atoms with Crippen LogP contribution in [-0.4, -0.2) is 66.6 Å². The van der Waals surface area contributed by atoms with Crippen LogP contribution in [0.2, 0.25) is 0 Å². The molecule has 2 aliphatic rings. The molecule has 20 heavy (non-hydrogen) atoms. The van der Waals surface area contributed by atoms with Crippen molar-refractivity contribution in [1.29, 1.82) is 0 Å². The van der Waals surface area contributed by atoms with Crippen LogP contribution in [0, 0.1) is 12.3 Å². The fraction of sp³-hybridized carbons (Fsp3) is 0.800. The smallest absolute Gasteiger partial charge is 0.237 e. The van der Waals surface area contributed by atoms with Gasteiger partial charge < -0.3 is 11.1 Å². The molecule has 0 bridgehead atoms. The lowest BCUT2D eigenvalue weighted by molar-refractivity contribution is -0.125. The molecule has 2 atom stereocenters. The Labute approximate surface area is 121 Å². The summed E-state index contributed by atoms with van der Waals surface area (Å²) in [5.41, 5.74) is 5.95. The molecule has 3 N–H and O–H groups in total. The Morgan fingerprint density at radius 1 is 1.40 bits per heavy atom. The molecular weight excluding hydrogens is 252 g/mol. The van der Waals surface area contributed by atoms with Gasteiger partial charge in [0.05, 0.1) is 12.6 Å². The van der Waals surface area contributed by atoms with E-state index >= 15 is 0 Å². The molecule has 0 aliphatic carbocycles. The van der Waals surface area contributed by atoms with Crippen LogP contribution >= 0.6 is 0 Å². The first kappa shape index (κ1) is 15.3. The summed E-state index contributed by atoms with van der Waals surface area (Å²) in [5.74, 6) is 2.47. The first-order valence-electron chi connectivity index (χ1n) is 7.56. The molecule has 0 saturated carbocycles. The van der Waals surface area contributed by atoms with Crippen molar-refractivity contribution in [3.63, 3.8) is 0 Å². The maximum absolute atomic E-state index is 11.9. The van der Waals surface area contributed by atoms with Gasteiger partial charge in [-0.2, -0.15) is 0 Å². The summed E-state index contributed by atoms with van der Waals surface area (Å²) >= 11 is 0. The van der Waals surface area contributed by atoms with Gasteiger partial charge in [0.1, 0.15) is 0 Å². The normalized spacial score (nSPS) is 27.1. The van der Waals surface area contributed by atoms with Crippen molar-refractivity contribution < 1.29 is 4.79 Å². The molecule has 5 heteroatoms. The monoisotopic (exact) mass is 278 g/mol. The van der Waals surface area contributed by atoms with E-state index in [9.17, 15) is 4.79 Å². The number of piperidine rings is 1. The van der Waals surface area contributed by atoms with Crippen LogP contribution in [0.3, 0.4) is 0 Å². The number of hydrogen-bond acceptors (Lipinski definition) is 4. The Morgan fingerprint density at radius 3 is 2.75 bits per heavy atom. The van der Waals surface area contributed by atoms with Gasteiger partial charge in [-0.3, -0.25) is 14.6 Å². The second-order valence-corrected chi connectivity index (χ2v) is 5.91. The van der Waals surface area contributed by atoms with Crippen molar-refractivity contribution in [1.82, 2.24) is 15.1 Å². The van der Waals surface area contributed by atoms with E-state index < -0.39 is 0 Å². The highest BCUT2D eigenvalue weighted by molar-refractivity contribution is 5.81. The third-order valence-electron chi connectivity index (χ3n) is 4.58. The van der Waals surface area contributed by atoms with E-state index in [-0.39, 0.29) is 11.9 Å². The van der Waals surface area contributed by atoms with Gasteiger partial charge in [0.2, 0.25) is 5.91 Å². The van der Waals surface area contributed by atoms with E-state index in [0.717, 1.165) is 45.4 Å². The number of carbonyl (C=O) groups is 1. The van der Waals surface area contributed by atoms with Gasteiger partial charge in [-0.05, 0) is 39.3 Å². The summed E-state index contributed by atoms with van der Waals surface area (Å²) in [6.45, 7) is 6.41. The minimum Gasteiger partial charge on any atom is -0.344 e.